The van der Waals surface area contributed by atoms with Crippen LogP contribution in [0.2, 0.25) is 5.04 Å². The van der Waals surface area contributed by atoms with Gasteiger partial charge in [0.15, 0.2) is 6.10 Å². The van der Waals surface area contributed by atoms with Crippen molar-refractivity contribution in [2.24, 2.45) is 11.8 Å². The molecule has 31 heavy (non-hydrogen) atoms. The van der Waals surface area contributed by atoms with E-state index in [0.29, 0.717) is 6.61 Å². The van der Waals surface area contributed by atoms with Crippen LogP contribution in [-0.4, -0.2) is 39.2 Å². The predicted octanol–water partition coefficient (Wildman–Crippen LogP) is 3.93. The maximum absolute atomic E-state index is 11.6. The average Bonchev–Trinajstić information content (AvgIpc) is 2.77. The number of aliphatic hydroxyl groups is 1. The van der Waals surface area contributed by atoms with E-state index in [4.69, 9.17) is 4.43 Å². The van der Waals surface area contributed by atoms with Gasteiger partial charge in [-0.2, -0.15) is 0 Å². The van der Waals surface area contributed by atoms with Gasteiger partial charge in [-0.1, -0.05) is 107 Å². The molecule has 0 aromatic heterocycles. The quantitative estimate of drug-likeness (QED) is 0.365. The van der Waals surface area contributed by atoms with Crippen LogP contribution in [-0.2, 0) is 14.0 Å². The summed E-state index contributed by atoms with van der Waals surface area (Å²) in [7, 11) is -1.29. The Morgan fingerprint density at radius 2 is 1.45 bits per heavy atom. The van der Waals surface area contributed by atoms with Gasteiger partial charge in [-0.25, -0.2) is 4.79 Å². The fourth-order valence-electron chi connectivity index (χ4n) is 3.88. The van der Waals surface area contributed by atoms with Gasteiger partial charge >= 0.3 is 5.97 Å². The smallest absolute Gasteiger partial charge is 0.335 e. The van der Waals surface area contributed by atoms with Crippen molar-refractivity contribution in [3.8, 4) is 0 Å². The number of carbonyl (C=O) groups is 1. The van der Waals surface area contributed by atoms with E-state index < -0.39 is 20.4 Å². The average molecular weight is 441 g/mol. The summed E-state index contributed by atoms with van der Waals surface area (Å²) in [5, 5.41) is 12.4. The molecule has 168 valence electrons. The monoisotopic (exact) mass is 440 g/mol. The van der Waals surface area contributed by atoms with Gasteiger partial charge in [-0.15, -0.1) is 0 Å². The molecule has 0 fully saturated rings. The van der Waals surface area contributed by atoms with Crippen LogP contribution < -0.4 is 10.4 Å². The number of rotatable bonds is 9. The summed E-state index contributed by atoms with van der Waals surface area (Å²) < 4.78 is 11.5. The number of methoxy groups -OCH3 is 1. The molecule has 0 saturated heterocycles. The lowest BCUT2D eigenvalue weighted by molar-refractivity contribution is -0.152. The van der Waals surface area contributed by atoms with Gasteiger partial charge in [0.2, 0.25) is 0 Å². The molecule has 1 N–H and O–H groups in total. The first kappa shape index (κ1) is 25.1. The minimum atomic E-state index is -2.57. The molecule has 0 amide bonds. The molecule has 0 saturated carbocycles. The number of esters is 1. The number of benzene rings is 2. The highest BCUT2D eigenvalue weighted by Crippen LogP contribution is 2.37. The van der Waals surface area contributed by atoms with Crippen LogP contribution in [0, 0.1) is 11.8 Å². The van der Waals surface area contributed by atoms with E-state index >= 15 is 0 Å². The Bertz CT molecular complexity index is 803. The lowest BCUT2D eigenvalue weighted by Gasteiger charge is -2.43. The molecule has 2 aromatic rings. The number of hydrogen-bond acceptors (Lipinski definition) is 4. The van der Waals surface area contributed by atoms with Crippen molar-refractivity contribution in [1.29, 1.82) is 0 Å². The van der Waals surface area contributed by atoms with Crippen LogP contribution in [0.25, 0.3) is 0 Å². The first-order valence-corrected chi connectivity index (χ1v) is 12.7. The van der Waals surface area contributed by atoms with Crippen molar-refractivity contribution in [3.63, 3.8) is 0 Å². The van der Waals surface area contributed by atoms with Crippen LogP contribution in [0.15, 0.2) is 72.8 Å². The predicted molar refractivity (Wildman–Crippen MR) is 129 cm³/mol. The highest BCUT2D eigenvalue weighted by atomic mass is 28.4. The Morgan fingerprint density at radius 1 is 0.968 bits per heavy atom. The van der Waals surface area contributed by atoms with E-state index in [2.05, 4.69) is 81.0 Å². The van der Waals surface area contributed by atoms with Gasteiger partial charge in [-0.05, 0) is 21.3 Å². The normalized spacial score (nSPS) is 15.5. The molecule has 0 aliphatic heterocycles. The summed E-state index contributed by atoms with van der Waals surface area (Å²) in [5.41, 5.74) is 0. The molecule has 3 atom stereocenters. The Hall–Kier alpha value is -2.21. The SMILES string of the molecule is COC(=O)[C@H](O)[C@H](C)/C=C/[C@@H](C)CO[Si](c1ccccc1)(c1ccccc1)C(C)(C)C. The summed E-state index contributed by atoms with van der Waals surface area (Å²) in [6.45, 7) is 11.2. The molecular weight excluding hydrogens is 404 g/mol. The third kappa shape index (κ3) is 5.94. The topological polar surface area (TPSA) is 55.8 Å². The second-order valence-electron chi connectivity index (χ2n) is 9.16. The first-order valence-electron chi connectivity index (χ1n) is 10.8. The lowest BCUT2D eigenvalue weighted by atomic mass is 10.0. The van der Waals surface area contributed by atoms with E-state index in [-0.39, 0.29) is 16.9 Å². The van der Waals surface area contributed by atoms with Gasteiger partial charge in [-0.3, -0.25) is 0 Å². The van der Waals surface area contributed by atoms with Gasteiger partial charge < -0.3 is 14.3 Å². The number of aliphatic hydroxyl groups excluding tert-OH is 1. The minimum Gasteiger partial charge on any atom is -0.467 e. The fourth-order valence-corrected chi connectivity index (χ4v) is 8.55. The highest BCUT2D eigenvalue weighted by molar-refractivity contribution is 6.99. The molecule has 0 spiro atoms. The Balaban J connectivity index is 2.31. The van der Waals surface area contributed by atoms with Crippen LogP contribution >= 0.6 is 0 Å². The van der Waals surface area contributed by atoms with Gasteiger partial charge in [0.1, 0.15) is 0 Å². The summed E-state index contributed by atoms with van der Waals surface area (Å²) >= 11 is 0. The third-order valence-electron chi connectivity index (χ3n) is 5.66. The molecule has 0 radical (unpaired) electrons. The summed E-state index contributed by atoms with van der Waals surface area (Å²) in [6, 6.07) is 21.1. The minimum absolute atomic E-state index is 0.0759. The largest absolute Gasteiger partial charge is 0.467 e. The standard InChI is InChI=1S/C26H36O4Si/c1-20(17-18-21(2)24(27)25(28)29-6)19-30-31(26(3,4)5,22-13-9-7-10-14-22)23-15-11-8-12-16-23/h7-18,20-21,24,27H,19H2,1-6H3/b18-17+/t20-,21-,24-/m1/s1. The Kier molecular flexibility index (Phi) is 8.80. The molecule has 0 bridgehead atoms. The second kappa shape index (κ2) is 10.9. The number of hydrogen-bond donors (Lipinski definition) is 1. The highest BCUT2D eigenvalue weighted by Gasteiger charge is 2.50. The van der Waals surface area contributed by atoms with E-state index in [1.807, 2.05) is 24.3 Å². The summed E-state index contributed by atoms with van der Waals surface area (Å²) in [6.07, 6.45) is 2.71. The molecule has 0 aliphatic carbocycles. The van der Waals surface area contributed by atoms with Gasteiger partial charge in [0.05, 0.1) is 7.11 Å². The van der Waals surface area contributed by atoms with Crippen molar-refractivity contribution in [2.45, 2.75) is 45.8 Å². The maximum Gasteiger partial charge on any atom is 0.335 e. The molecular formula is C26H36O4Si. The van der Waals surface area contributed by atoms with Crippen molar-refractivity contribution >= 4 is 24.7 Å². The summed E-state index contributed by atoms with van der Waals surface area (Å²) in [4.78, 5) is 11.6. The molecule has 5 heteroatoms. The maximum atomic E-state index is 11.6. The third-order valence-corrected chi connectivity index (χ3v) is 10.7. The van der Waals surface area contributed by atoms with Crippen LogP contribution in [0.5, 0.6) is 0 Å². The second-order valence-corrected chi connectivity index (χ2v) is 13.5. The zero-order valence-electron chi connectivity index (χ0n) is 19.5. The molecule has 0 aliphatic rings. The van der Waals surface area contributed by atoms with Crippen molar-refractivity contribution in [3.05, 3.63) is 72.8 Å². The van der Waals surface area contributed by atoms with Crippen LogP contribution in [0.3, 0.4) is 0 Å². The molecule has 0 unspecified atom stereocenters. The molecule has 2 rings (SSSR count). The van der Waals surface area contributed by atoms with E-state index in [9.17, 15) is 9.90 Å². The Morgan fingerprint density at radius 3 is 1.87 bits per heavy atom. The Labute approximate surface area is 188 Å². The fraction of sp³-hybridized carbons (Fsp3) is 0.423. The van der Waals surface area contributed by atoms with Crippen molar-refractivity contribution in [1.82, 2.24) is 0 Å². The van der Waals surface area contributed by atoms with Crippen LogP contribution in [0.1, 0.15) is 34.6 Å². The number of ether oxygens (including phenoxy) is 1. The molecule has 2 aromatic carbocycles. The van der Waals surface area contributed by atoms with Crippen molar-refractivity contribution < 1.29 is 19.1 Å². The van der Waals surface area contributed by atoms with E-state index in [1.165, 1.54) is 17.5 Å². The van der Waals surface area contributed by atoms with Crippen molar-refractivity contribution in [2.75, 3.05) is 13.7 Å². The molecule has 4 nitrogen and oxygen atoms in total. The lowest BCUT2D eigenvalue weighted by Crippen LogP contribution is -2.66. The molecule has 0 heterocycles. The zero-order chi connectivity index (χ0) is 23.1. The van der Waals surface area contributed by atoms with Crippen LogP contribution in [0.4, 0.5) is 0 Å². The summed E-state index contributed by atoms with van der Waals surface area (Å²) in [5.74, 6) is -0.829. The number of carbonyl (C=O) groups excluding carboxylic acids is 1. The van der Waals surface area contributed by atoms with E-state index in [0.717, 1.165) is 0 Å². The van der Waals surface area contributed by atoms with Gasteiger partial charge in [0, 0.05) is 12.5 Å². The first-order chi connectivity index (χ1) is 14.6. The van der Waals surface area contributed by atoms with E-state index in [1.54, 1.807) is 6.92 Å². The van der Waals surface area contributed by atoms with Gasteiger partial charge in [0.25, 0.3) is 8.32 Å². The zero-order valence-corrected chi connectivity index (χ0v) is 20.5.